The molecule has 5 N–H and O–H groups in total. The number of aromatic nitrogens is 2. The number of aromatic amines is 1. The number of benzene rings is 1. The van der Waals surface area contributed by atoms with Crippen molar-refractivity contribution in [1.82, 2.24) is 20.4 Å². The number of aliphatic hydroxyl groups excluding tert-OH is 1. The van der Waals surface area contributed by atoms with Crippen LogP contribution in [0.5, 0.6) is 0 Å². The number of anilines is 1. The van der Waals surface area contributed by atoms with Gasteiger partial charge in [0.05, 0.1) is 36.5 Å². The van der Waals surface area contributed by atoms with Crippen LogP contribution in [-0.4, -0.2) is 81.5 Å². The van der Waals surface area contributed by atoms with E-state index in [9.17, 15) is 9.59 Å². The maximum Gasteiger partial charge on any atom is 0.332 e. The topological polar surface area (TPSA) is 152 Å². The molecule has 3 aliphatic rings. The molecule has 34 heavy (non-hydrogen) atoms. The third-order valence-electron chi connectivity index (χ3n) is 5.71. The molecule has 1 saturated heterocycles. The first-order valence-electron chi connectivity index (χ1n) is 11.4. The molecule has 1 atom stereocenters. The second-order valence-corrected chi connectivity index (χ2v) is 8.63. The van der Waals surface area contributed by atoms with Gasteiger partial charge in [-0.05, 0) is 37.0 Å². The lowest BCUT2D eigenvalue weighted by molar-refractivity contribution is -0.145. The lowest BCUT2D eigenvalue weighted by Crippen LogP contribution is -2.35. The van der Waals surface area contributed by atoms with Gasteiger partial charge in [0.25, 0.3) is 0 Å². The van der Waals surface area contributed by atoms with Crippen molar-refractivity contribution in [2.24, 2.45) is 4.99 Å². The predicted octanol–water partition coefficient (Wildman–Crippen LogP) is 1.65. The van der Waals surface area contributed by atoms with Crippen molar-refractivity contribution in [2.75, 3.05) is 31.6 Å². The molecule has 3 heterocycles. The highest BCUT2D eigenvalue weighted by Crippen LogP contribution is 2.31. The molecule has 1 aromatic carbocycles. The summed E-state index contributed by atoms with van der Waals surface area (Å²) in [6.45, 7) is 5.70. The minimum absolute atomic E-state index is 0.186. The Bertz CT molecular complexity index is 1060. The molecular weight excluding hydrogens is 440 g/mol. The van der Waals surface area contributed by atoms with Crippen LogP contribution in [0.25, 0.3) is 0 Å². The molecule has 11 heteroatoms. The van der Waals surface area contributed by atoms with E-state index < -0.39 is 12.1 Å². The van der Waals surface area contributed by atoms with Crippen molar-refractivity contribution >= 4 is 29.1 Å². The van der Waals surface area contributed by atoms with Crippen LogP contribution >= 0.6 is 0 Å². The molecule has 2 fully saturated rings. The van der Waals surface area contributed by atoms with E-state index in [1.807, 2.05) is 0 Å². The number of nitrogens with one attached hydrogen (secondary N) is 3. The van der Waals surface area contributed by atoms with E-state index in [1.54, 1.807) is 6.20 Å². The Balaban J connectivity index is 0.000000408. The smallest absolute Gasteiger partial charge is 0.332 e. The number of aliphatic imine (C=N–C) groups is 1. The molecule has 5 rings (SSSR count). The lowest BCUT2D eigenvalue weighted by Gasteiger charge is -2.26. The molecule has 0 spiro atoms. The molecule has 182 valence electrons. The van der Waals surface area contributed by atoms with Gasteiger partial charge in [0.2, 0.25) is 0 Å². The van der Waals surface area contributed by atoms with Gasteiger partial charge < -0.3 is 25.6 Å². The number of rotatable bonds is 6. The monoisotopic (exact) mass is 470 g/mol. The Morgan fingerprint density at radius 2 is 2.03 bits per heavy atom. The molecular formula is C23H30N6O5. The number of aliphatic carboxylic acids is 1. The molecule has 11 nitrogen and oxygen atoms in total. The Kier molecular flexibility index (Phi) is 7.56. The first kappa shape index (κ1) is 23.9. The summed E-state index contributed by atoms with van der Waals surface area (Å²) < 4.78 is 5.43. The maximum absolute atomic E-state index is 12.1. The number of fused-ring (bicyclic) bond motifs is 1. The molecule has 1 aliphatic carbocycles. The first-order chi connectivity index (χ1) is 16.4. The molecule has 1 aromatic heterocycles. The number of hydrogen-bond donors (Lipinski definition) is 5. The number of H-pyrrole nitrogens is 1. The minimum atomic E-state index is -1.23. The summed E-state index contributed by atoms with van der Waals surface area (Å²) in [4.78, 5) is 28.7. The summed E-state index contributed by atoms with van der Waals surface area (Å²) in [7, 11) is 0. The highest BCUT2D eigenvalue weighted by molar-refractivity contribution is 6.10. The molecule has 2 aliphatic heterocycles. The van der Waals surface area contributed by atoms with Gasteiger partial charge in [-0.3, -0.25) is 15.0 Å². The summed E-state index contributed by atoms with van der Waals surface area (Å²) >= 11 is 0. The summed E-state index contributed by atoms with van der Waals surface area (Å²) in [5.74, 6) is -1.19. The van der Waals surface area contributed by atoms with Crippen LogP contribution in [0.1, 0.15) is 36.6 Å². The van der Waals surface area contributed by atoms with Crippen molar-refractivity contribution in [2.45, 2.75) is 44.9 Å². The highest BCUT2D eigenvalue weighted by atomic mass is 16.5. The predicted molar refractivity (Wildman–Crippen MR) is 126 cm³/mol. The van der Waals surface area contributed by atoms with Gasteiger partial charge in [-0.25, -0.2) is 9.59 Å². The normalized spacial score (nSPS) is 18.2. The van der Waals surface area contributed by atoms with Crippen molar-refractivity contribution in [3.63, 3.8) is 0 Å². The molecule has 0 unspecified atom stereocenters. The Hall–Kier alpha value is -3.28. The standard InChI is InChI=1S/C20H24N6O2.C3H6O3/c27-20(22-15-2-3-15)24-18-11-21-25-19(18)17-10-14-9-13(1-4-16(14)23-17)12-26-5-7-28-8-6-26;1-2(4)3(5)6/h1,4,9,11,15H,2-3,5-8,10,12H2,(H,21,25)(H2,22,24,27);2,4H,1H3,(H,5,6)/t;2-/m.0/s1. The minimum Gasteiger partial charge on any atom is -0.479 e. The maximum atomic E-state index is 12.1. The number of carboxylic acids is 1. The Morgan fingerprint density at radius 1 is 1.29 bits per heavy atom. The number of amides is 2. The number of carboxylic acid groups (broad SMARTS) is 1. The third-order valence-corrected chi connectivity index (χ3v) is 5.71. The SMILES string of the molecule is C[C@H](O)C(=O)O.O=C(Nc1cn[nH]c1C1=Nc2ccc(CN3CCOCC3)cc2C1)NC1CC1. The van der Waals surface area contributed by atoms with Gasteiger partial charge in [-0.1, -0.05) is 12.1 Å². The Labute approximate surface area is 197 Å². The van der Waals surface area contributed by atoms with E-state index in [0.717, 1.165) is 69.2 Å². The van der Waals surface area contributed by atoms with E-state index in [-0.39, 0.29) is 6.03 Å². The highest BCUT2D eigenvalue weighted by Gasteiger charge is 2.25. The van der Waals surface area contributed by atoms with E-state index in [2.05, 4.69) is 43.9 Å². The number of ether oxygens (including phenoxy) is 1. The number of carbonyl (C=O) groups excluding carboxylic acids is 1. The van der Waals surface area contributed by atoms with Crippen LogP contribution in [-0.2, 0) is 22.5 Å². The van der Waals surface area contributed by atoms with Crippen molar-refractivity contribution in [1.29, 1.82) is 0 Å². The Morgan fingerprint density at radius 3 is 2.71 bits per heavy atom. The molecule has 2 aromatic rings. The second kappa shape index (κ2) is 10.8. The van der Waals surface area contributed by atoms with Crippen LogP contribution in [0.15, 0.2) is 29.4 Å². The summed E-state index contributed by atoms with van der Waals surface area (Å²) in [5.41, 5.74) is 5.84. The fourth-order valence-electron chi connectivity index (χ4n) is 3.69. The first-order valence-corrected chi connectivity index (χ1v) is 11.4. The van der Waals surface area contributed by atoms with Crippen LogP contribution in [0.2, 0.25) is 0 Å². The fraction of sp³-hybridized carbons (Fsp3) is 0.478. The van der Waals surface area contributed by atoms with Crippen LogP contribution < -0.4 is 10.6 Å². The van der Waals surface area contributed by atoms with Gasteiger partial charge in [0.1, 0.15) is 11.8 Å². The zero-order chi connectivity index (χ0) is 24.1. The van der Waals surface area contributed by atoms with E-state index in [0.29, 0.717) is 11.7 Å². The van der Waals surface area contributed by atoms with E-state index in [1.165, 1.54) is 18.1 Å². The van der Waals surface area contributed by atoms with Gasteiger partial charge in [0, 0.05) is 32.1 Å². The van der Waals surface area contributed by atoms with Gasteiger partial charge in [-0.2, -0.15) is 5.10 Å². The second-order valence-electron chi connectivity index (χ2n) is 8.63. The number of urea groups is 1. The van der Waals surface area contributed by atoms with E-state index >= 15 is 0 Å². The van der Waals surface area contributed by atoms with E-state index in [4.69, 9.17) is 19.9 Å². The summed E-state index contributed by atoms with van der Waals surface area (Å²) in [6.07, 6.45) is 3.25. The number of aliphatic hydroxyl groups is 1. The number of morpholine rings is 1. The largest absolute Gasteiger partial charge is 0.479 e. The zero-order valence-corrected chi connectivity index (χ0v) is 19.1. The van der Waals surface area contributed by atoms with Crippen LogP contribution in [0.3, 0.4) is 0 Å². The quantitative estimate of drug-likeness (QED) is 0.430. The fourth-order valence-corrected chi connectivity index (χ4v) is 3.69. The average Bonchev–Trinajstić information content (AvgIpc) is 3.33. The number of hydrogen-bond acceptors (Lipinski definition) is 7. The summed E-state index contributed by atoms with van der Waals surface area (Å²) in [6, 6.07) is 6.60. The van der Waals surface area contributed by atoms with Crippen LogP contribution in [0, 0.1) is 0 Å². The lowest BCUT2D eigenvalue weighted by atomic mass is 10.0. The van der Waals surface area contributed by atoms with Gasteiger partial charge in [-0.15, -0.1) is 0 Å². The van der Waals surface area contributed by atoms with Crippen LogP contribution in [0.4, 0.5) is 16.2 Å². The van der Waals surface area contributed by atoms with Crippen molar-refractivity contribution < 1.29 is 24.5 Å². The molecule has 2 amide bonds. The van der Waals surface area contributed by atoms with Gasteiger partial charge >= 0.3 is 12.0 Å². The molecule has 0 bridgehead atoms. The zero-order valence-electron chi connectivity index (χ0n) is 19.1. The number of carbonyl (C=O) groups is 2. The van der Waals surface area contributed by atoms with Crippen molar-refractivity contribution in [3.05, 3.63) is 41.2 Å². The van der Waals surface area contributed by atoms with Gasteiger partial charge in [0.15, 0.2) is 0 Å². The van der Waals surface area contributed by atoms with Crippen molar-refractivity contribution in [3.8, 4) is 0 Å². The third kappa shape index (κ3) is 6.40. The summed E-state index contributed by atoms with van der Waals surface area (Å²) in [5, 5.41) is 28.7. The molecule has 1 saturated carbocycles. The molecule has 0 radical (unpaired) electrons. The number of nitrogens with zero attached hydrogens (tertiary/aromatic N) is 3. The average molecular weight is 471 g/mol.